The van der Waals surface area contributed by atoms with Gasteiger partial charge in [0.2, 0.25) is 5.91 Å². The van der Waals surface area contributed by atoms with Gasteiger partial charge in [-0.3, -0.25) is 9.59 Å². The van der Waals surface area contributed by atoms with E-state index < -0.39 is 5.82 Å². The van der Waals surface area contributed by atoms with Crippen molar-refractivity contribution in [3.05, 3.63) is 81.9 Å². The van der Waals surface area contributed by atoms with Gasteiger partial charge in [0, 0.05) is 24.2 Å². The highest BCUT2D eigenvalue weighted by Gasteiger charge is 2.27. The fourth-order valence-corrected chi connectivity index (χ4v) is 3.74. The number of aromatic nitrogens is 2. The van der Waals surface area contributed by atoms with Crippen molar-refractivity contribution in [1.82, 2.24) is 9.78 Å². The first-order valence-corrected chi connectivity index (χ1v) is 10.1. The van der Waals surface area contributed by atoms with E-state index in [2.05, 4.69) is 10.4 Å². The summed E-state index contributed by atoms with van der Waals surface area (Å²) in [6, 6.07) is 16.1. The van der Waals surface area contributed by atoms with Crippen LogP contribution in [0.25, 0.3) is 5.69 Å². The highest BCUT2D eigenvalue weighted by Crippen LogP contribution is 2.23. The number of rotatable bonds is 4. The number of piperidine rings is 1. The summed E-state index contributed by atoms with van der Waals surface area (Å²) < 4.78 is 15.1. The molecule has 0 unspecified atom stereocenters. The molecule has 1 N–H and O–H groups in total. The SMILES string of the molecule is O=C(Nc1ccccc1F)[C@@H]1CCCN(c2ccc(=O)n(-c3cccc(Cl)c3)n2)C1. The maximum Gasteiger partial charge on any atom is 0.271 e. The van der Waals surface area contributed by atoms with Crippen LogP contribution in [0.3, 0.4) is 0 Å². The van der Waals surface area contributed by atoms with Gasteiger partial charge < -0.3 is 10.2 Å². The van der Waals surface area contributed by atoms with E-state index in [4.69, 9.17) is 11.6 Å². The Bertz CT molecular complexity index is 1130. The number of anilines is 2. The van der Waals surface area contributed by atoms with E-state index in [-0.39, 0.29) is 23.1 Å². The molecule has 2 heterocycles. The molecule has 2 aromatic carbocycles. The molecule has 4 rings (SSSR count). The molecule has 1 aromatic heterocycles. The number of nitrogens with zero attached hydrogens (tertiary/aromatic N) is 3. The van der Waals surface area contributed by atoms with Crippen molar-refractivity contribution in [1.29, 1.82) is 0 Å². The molecule has 3 aromatic rings. The zero-order valence-electron chi connectivity index (χ0n) is 16.1. The minimum absolute atomic E-state index is 0.173. The summed E-state index contributed by atoms with van der Waals surface area (Å²) in [5.41, 5.74) is 0.472. The number of benzene rings is 2. The highest BCUT2D eigenvalue weighted by molar-refractivity contribution is 6.30. The molecule has 1 amide bonds. The predicted molar refractivity (Wildman–Crippen MR) is 115 cm³/mol. The molecule has 1 aliphatic heterocycles. The monoisotopic (exact) mass is 426 g/mol. The standard InChI is InChI=1S/C22H20ClFN4O2/c23-16-6-3-7-17(13-16)28-21(29)11-10-20(26-28)27-12-4-5-15(14-27)22(30)25-19-9-2-1-8-18(19)24/h1-3,6-11,13,15H,4-5,12,14H2,(H,25,30)/t15-/m1/s1. The average molecular weight is 427 g/mol. The summed E-state index contributed by atoms with van der Waals surface area (Å²) in [6.45, 7) is 1.14. The van der Waals surface area contributed by atoms with Gasteiger partial charge in [0.25, 0.3) is 5.56 Å². The van der Waals surface area contributed by atoms with E-state index in [1.165, 1.54) is 22.9 Å². The second-order valence-corrected chi connectivity index (χ2v) is 7.61. The van der Waals surface area contributed by atoms with Crippen LogP contribution in [0.4, 0.5) is 15.9 Å². The highest BCUT2D eigenvalue weighted by atomic mass is 35.5. The minimum Gasteiger partial charge on any atom is -0.354 e. The van der Waals surface area contributed by atoms with Crippen LogP contribution in [-0.2, 0) is 4.79 Å². The van der Waals surface area contributed by atoms with Gasteiger partial charge >= 0.3 is 0 Å². The zero-order valence-corrected chi connectivity index (χ0v) is 16.8. The molecule has 0 spiro atoms. The third-order valence-corrected chi connectivity index (χ3v) is 5.32. The molecule has 154 valence electrons. The Kier molecular flexibility index (Phi) is 5.81. The molecular weight excluding hydrogens is 407 g/mol. The summed E-state index contributed by atoms with van der Waals surface area (Å²) in [5.74, 6) is -0.411. The molecule has 1 saturated heterocycles. The fourth-order valence-electron chi connectivity index (χ4n) is 3.56. The maximum absolute atomic E-state index is 13.9. The van der Waals surface area contributed by atoms with Crippen molar-refractivity contribution in [3.63, 3.8) is 0 Å². The van der Waals surface area contributed by atoms with Gasteiger partial charge in [0.15, 0.2) is 0 Å². The van der Waals surface area contributed by atoms with Crippen LogP contribution in [0.2, 0.25) is 5.02 Å². The Morgan fingerprint density at radius 2 is 1.97 bits per heavy atom. The quantitative estimate of drug-likeness (QED) is 0.687. The first kappa shape index (κ1) is 20.1. The first-order valence-electron chi connectivity index (χ1n) is 9.68. The lowest BCUT2D eigenvalue weighted by Gasteiger charge is -2.33. The summed E-state index contributed by atoms with van der Waals surface area (Å²) in [7, 11) is 0. The zero-order chi connectivity index (χ0) is 21.1. The Balaban J connectivity index is 1.53. The normalized spacial score (nSPS) is 16.3. The largest absolute Gasteiger partial charge is 0.354 e. The summed E-state index contributed by atoms with van der Waals surface area (Å²) >= 11 is 6.04. The molecule has 1 aliphatic rings. The molecule has 1 fully saturated rings. The van der Waals surface area contributed by atoms with Gasteiger partial charge in [-0.25, -0.2) is 4.39 Å². The van der Waals surface area contributed by atoms with Crippen LogP contribution in [0, 0.1) is 11.7 Å². The number of nitrogens with one attached hydrogen (secondary N) is 1. The number of amides is 1. The van der Waals surface area contributed by atoms with Crippen LogP contribution >= 0.6 is 11.6 Å². The number of hydrogen-bond acceptors (Lipinski definition) is 4. The lowest BCUT2D eigenvalue weighted by atomic mass is 9.97. The Labute approximate surface area is 177 Å². The summed E-state index contributed by atoms with van der Waals surface area (Å²) in [5, 5.41) is 7.66. The number of carbonyl (C=O) groups is 1. The lowest BCUT2D eigenvalue weighted by Crippen LogP contribution is -2.42. The summed E-state index contributed by atoms with van der Waals surface area (Å²) in [6.07, 6.45) is 1.48. The third kappa shape index (κ3) is 4.36. The molecular formula is C22H20ClFN4O2. The van der Waals surface area contributed by atoms with Crippen molar-refractivity contribution >= 4 is 29.0 Å². The third-order valence-electron chi connectivity index (χ3n) is 5.09. The average Bonchev–Trinajstić information content (AvgIpc) is 2.76. The first-order chi connectivity index (χ1) is 14.5. The summed E-state index contributed by atoms with van der Waals surface area (Å²) in [4.78, 5) is 27.0. The predicted octanol–water partition coefficient (Wildman–Crippen LogP) is 3.88. The van der Waals surface area contributed by atoms with Gasteiger partial charge in [0.05, 0.1) is 17.3 Å². The molecule has 30 heavy (non-hydrogen) atoms. The van der Waals surface area contributed by atoms with Crippen molar-refractivity contribution < 1.29 is 9.18 Å². The van der Waals surface area contributed by atoms with Crippen LogP contribution in [0.15, 0.2) is 65.5 Å². The van der Waals surface area contributed by atoms with Gasteiger partial charge in [-0.1, -0.05) is 29.8 Å². The topological polar surface area (TPSA) is 67.2 Å². The van der Waals surface area contributed by atoms with E-state index in [0.29, 0.717) is 36.0 Å². The lowest BCUT2D eigenvalue weighted by molar-refractivity contribution is -0.120. The Morgan fingerprint density at radius 1 is 1.13 bits per heavy atom. The van der Waals surface area contributed by atoms with Crippen molar-refractivity contribution in [3.8, 4) is 5.69 Å². The van der Waals surface area contributed by atoms with Crippen LogP contribution in [-0.4, -0.2) is 28.8 Å². The van der Waals surface area contributed by atoms with Crippen molar-refractivity contribution in [2.45, 2.75) is 12.8 Å². The molecule has 1 atom stereocenters. The molecule has 0 bridgehead atoms. The Morgan fingerprint density at radius 3 is 2.77 bits per heavy atom. The number of halogens is 2. The van der Waals surface area contributed by atoms with E-state index in [1.807, 2.05) is 4.90 Å². The molecule has 0 radical (unpaired) electrons. The second-order valence-electron chi connectivity index (χ2n) is 7.18. The Hall–Kier alpha value is -3.19. The van der Waals surface area contributed by atoms with Gasteiger partial charge in [-0.05, 0) is 49.2 Å². The molecule has 0 saturated carbocycles. The van der Waals surface area contributed by atoms with Crippen LogP contribution in [0.5, 0.6) is 0 Å². The van der Waals surface area contributed by atoms with E-state index in [0.717, 1.165) is 6.42 Å². The molecule has 6 nitrogen and oxygen atoms in total. The van der Waals surface area contributed by atoms with E-state index >= 15 is 0 Å². The minimum atomic E-state index is -0.464. The van der Waals surface area contributed by atoms with E-state index in [1.54, 1.807) is 42.5 Å². The van der Waals surface area contributed by atoms with Gasteiger partial charge in [-0.15, -0.1) is 5.10 Å². The van der Waals surface area contributed by atoms with Gasteiger partial charge in [-0.2, -0.15) is 4.68 Å². The van der Waals surface area contributed by atoms with Crippen molar-refractivity contribution in [2.24, 2.45) is 5.92 Å². The number of hydrogen-bond donors (Lipinski definition) is 1. The number of para-hydroxylation sites is 1. The van der Waals surface area contributed by atoms with E-state index in [9.17, 15) is 14.0 Å². The smallest absolute Gasteiger partial charge is 0.271 e. The van der Waals surface area contributed by atoms with Gasteiger partial charge in [0.1, 0.15) is 11.6 Å². The number of carbonyl (C=O) groups excluding carboxylic acids is 1. The van der Waals surface area contributed by atoms with Crippen LogP contribution < -0.4 is 15.8 Å². The second kappa shape index (κ2) is 8.67. The van der Waals surface area contributed by atoms with Crippen molar-refractivity contribution in [2.75, 3.05) is 23.3 Å². The maximum atomic E-state index is 13.9. The van der Waals surface area contributed by atoms with Crippen LogP contribution in [0.1, 0.15) is 12.8 Å². The fraction of sp³-hybridized carbons (Fsp3) is 0.227. The molecule has 8 heteroatoms. The molecule has 0 aliphatic carbocycles.